The second-order valence-corrected chi connectivity index (χ2v) is 10.7. The Morgan fingerprint density at radius 3 is 2.29 bits per heavy atom. The Balaban J connectivity index is 0.000000429. The van der Waals surface area contributed by atoms with Crippen molar-refractivity contribution in [3.05, 3.63) is 64.9 Å². The van der Waals surface area contributed by atoms with Gasteiger partial charge in [-0.3, -0.25) is 9.78 Å². The molecule has 8 nitrogen and oxygen atoms in total. The number of carboxylic acid groups (broad SMARTS) is 1. The Morgan fingerprint density at radius 1 is 1.09 bits per heavy atom. The number of aliphatic carboxylic acids is 1. The lowest BCUT2D eigenvalue weighted by atomic mass is 10.0. The number of amides is 1. The summed E-state index contributed by atoms with van der Waals surface area (Å²) < 4.78 is 59.5. The molecule has 0 unspecified atom stereocenters. The zero-order valence-corrected chi connectivity index (χ0v) is 19.9. The molecule has 1 amide bonds. The molecule has 0 aliphatic carbocycles. The average molecular weight is 534 g/mol. The van der Waals surface area contributed by atoms with Crippen LogP contribution >= 0.6 is 11.6 Å². The first-order chi connectivity index (χ1) is 16.4. The molecule has 35 heavy (non-hydrogen) atoms. The van der Waals surface area contributed by atoms with Gasteiger partial charge in [-0.25, -0.2) is 13.2 Å². The number of pyridine rings is 1. The summed E-state index contributed by atoms with van der Waals surface area (Å²) in [5.41, 5.74) is 1.33. The van der Waals surface area contributed by atoms with E-state index in [1.54, 1.807) is 45.7 Å². The van der Waals surface area contributed by atoms with Gasteiger partial charge in [0.1, 0.15) is 5.69 Å². The number of fused-ring (bicyclic) bond motifs is 1. The van der Waals surface area contributed by atoms with E-state index in [0.29, 0.717) is 49.7 Å². The predicted octanol–water partition coefficient (Wildman–Crippen LogP) is 3.43. The van der Waals surface area contributed by atoms with Crippen molar-refractivity contribution in [2.24, 2.45) is 5.92 Å². The van der Waals surface area contributed by atoms with Crippen molar-refractivity contribution in [3.8, 4) is 0 Å². The Hall–Kier alpha value is -2.70. The number of sulfonamides is 1. The predicted molar refractivity (Wildman–Crippen MR) is 121 cm³/mol. The van der Waals surface area contributed by atoms with Crippen LogP contribution in [0.15, 0.2) is 48.7 Å². The summed E-state index contributed by atoms with van der Waals surface area (Å²) >= 11 is 5.92. The van der Waals surface area contributed by atoms with Crippen LogP contribution in [0.25, 0.3) is 0 Å². The van der Waals surface area contributed by atoms with Gasteiger partial charge in [-0.2, -0.15) is 17.5 Å². The molecule has 2 aliphatic heterocycles. The molecule has 1 aromatic carbocycles. The summed E-state index contributed by atoms with van der Waals surface area (Å²) in [6, 6.07) is 12.5. The van der Waals surface area contributed by atoms with Gasteiger partial charge in [0.05, 0.1) is 5.25 Å². The van der Waals surface area contributed by atoms with Crippen LogP contribution < -0.4 is 0 Å². The number of carboxylic acids is 1. The first-order valence-electron chi connectivity index (χ1n) is 10.6. The zero-order valence-electron chi connectivity index (χ0n) is 18.4. The van der Waals surface area contributed by atoms with Gasteiger partial charge in [0.25, 0.3) is 5.91 Å². The van der Waals surface area contributed by atoms with Gasteiger partial charge >= 0.3 is 12.1 Å². The Bertz CT molecular complexity index is 1150. The van der Waals surface area contributed by atoms with Gasteiger partial charge in [0.2, 0.25) is 10.0 Å². The number of halogens is 4. The molecule has 1 aromatic heterocycles. The van der Waals surface area contributed by atoms with E-state index in [2.05, 4.69) is 4.98 Å². The van der Waals surface area contributed by atoms with Crippen molar-refractivity contribution in [1.29, 1.82) is 0 Å². The average Bonchev–Trinajstić information content (AvgIpc) is 2.94. The van der Waals surface area contributed by atoms with E-state index in [9.17, 15) is 26.4 Å². The molecule has 2 aromatic rings. The van der Waals surface area contributed by atoms with Crippen LogP contribution in [-0.4, -0.2) is 70.7 Å². The van der Waals surface area contributed by atoms with E-state index >= 15 is 0 Å². The third kappa shape index (κ3) is 6.71. The van der Waals surface area contributed by atoms with Crippen molar-refractivity contribution in [3.63, 3.8) is 0 Å². The maximum Gasteiger partial charge on any atom is 0.490 e. The Kier molecular flexibility index (Phi) is 8.39. The summed E-state index contributed by atoms with van der Waals surface area (Å²) in [6.45, 7) is 1.86. The zero-order chi connectivity index (χ0) is 25.8. The van der Waals surface area contributed by atoms with E-state index in [4.69, 9.17) is 21.5 Å². The van der Waals surface area contributed by atoms with Gasteiger partial charge < -0.3 is 10.0 Å². The lowest BCUT2D eigenvalue weighted by Gasteiger charge is -2.22. The van der Waals surface area contributed by atoms with E-state index < -0.39 is 27.4 Å². The highest BCUT2D eigenvalue weighted by Crippen LogP contribution is 2.35. The second-order valence-electron chi connectivity index (χ2n) is 8.15. The number of carbonyl (C=O) groups excluding carboxylic acids is 1. The summed E-state index contributed by atoms with van der Waals surface area (Å²) in [7, 11) is -3.39. The molecule has 1 N–H and O–H groups in total. The fourth-order valence-electron chi connectivity index (χ4n) is 4.10. The largest absolute Gasteiger partial charge is 0.490 e. The van der Waals surface area contributed by atoms with E-state index in [0.717, 1.165) is 5.56 Å². The van der Waals surface area contributed by atoms with Gasteiger partial charge in [-0.1, -0.05) is 29.8 Å². The molecule has 2 atom stereocenters. The van der Waals surface area contributed by atoms with Gasteiger partial charge in [0, 0.05) is 37.4 Å². The Labute approximate surface area is 205 Å². The van der Waals surface area contributed by atoms with Gasteiger partial charge in [0.15, 0.2) is 0 Å². The maximum atomic E-state index is 13.1. The normalized spacial score (nSPS) is 21.9. The molecule has 13 heteroatoms. The number of benzene rings is 1. The minimum absolute atomic E-state index is 0.0406. The van der Waals surface area contributed by atoms with Crippen LogP contribution in [0.5, 0.6) is 0 Å². The highest BCUT2D eigenvalue weighted by molar-refractivity contribution is 7.90. The number of likely N-dealkylation sites (tertiary alicyclic amines) is 1. The second kappa shape index (κ2) is 10.9. The number of hydrogen-bond acceptors (Lipinski definition) is 5. The van der Waals surface area contributed by atoms with Crippen molar-refractivity contribution in [2.75, 3.05) is 19.6 Å². The molecule has 190 valence electrons. The molecular formula is C22H23ClF3N3O5S. The molecule has 3 heterocycles. The number of hydrogen-bond donors (Lipinski definition) is 1. The fourth-order valence-corrected chi connectivity index (χ4v) is 6.45. The topological polar surface area (TPSA) is 108 Å². The summed E-state index contributed by atoms with van der Waals surface area (Å²) in [5, 5.41) is 7.33. The molecule has 4 rings (SSSR count). The lowest BCUT2D eigenvalue weighted by molar-refractivity contribution is -0.192. The van der Waals surface area contributed by atoms with Crippen LogP contribution in [0.4, 0.5) is 13.2 Å². The standard InChI is InChI=1S/C20H22ClN3O3S.C2HF3O2/c21-17-6-4-15(5-7-17)13-24-14-16-8-11-23(12-9-19(16)28(24,26)27)20(25)18-3-1-2-10-22-18;3-2(4,5)1(6)7/h1-7,10,16,19H,8-9,11-14H2;(H,6,7)/t16-,19-;/m1./s1. The number of rotatable bonds is 3. The van der Waals surface area contributed by atoms with Crippen LogP contribution in [0, 0.1) is 5.92 Å². The molecule has 0 saturated carbocycles. The van der Waals surface area contributed by atoms with E-state index in [-0.39, 0.29) is 11.8 Å². The minimum Gasteiger partial charge on any atom is -0.475 e. The van der Waals surface area contributed by atoms with Crippen LogP contribution in [-0.2, 0) is 21.4 Å². The smallest absolute Gasteiger partial charge is 0.475 e. The van der Waals surface area contributed by atoms with E-state index in [1.165, 1.54) is 0 Å². The van der Waals surface area contributed by atoms with Crippen LogP contribution in [0.1, 0.15) is 28.9 Å². The quantitative estimate of drug-likeness (QED) is 0.647. The minimum atomic E-state index is -5.08. The first-order valence-corrected chi connectivity index (χ1v) is 12.5. The SMILES string of the molecule is O=C(O)C(F)(F)F.O=C(c1ccccn1)N1CC[C@@H]2CN(Cc3ccc(Cl)cc3)S(=O)(=O)[C@@H]2CC1. The van der Waals surface area contributed by atoms with Crippen LogP contribution in [0.2, 0.25) is 5.02 Å². The highest BCUT2D eigenvalue weighted by Gasteiger charge is 2.47. The lowest BCUT2D eigenvalue weighted by Crippen LogP contribution is -2.35. The molecule has 0 spiro atoms. The summed E-state index contributed by atoms with van der Waals surface area (Å²) in [6.07, 6.45) is -2.35. The third-order valence-electron chi connectivity index (χ3n) is 5.85. The van der Waals surface area contributed by atoms with Crippen LogP contribution in [0.3, 0.4) is 0 Å². The maximum absolute atomic E-state index is 13.1. The summed E-state index contributed by atoms with van der Waals surface area (Å²) in [5.74, 6) is -2.85. The number of aromatic nitrogens is 1. The molecule has 2 fully saturated rings. The van der Waals surface area contributed by atoms with Gasteiger partial charge in [-0.05, 0) is 48.6 Å². The molecule has 0 radical (unpaired) electrons. The fraction of sp³-hybridized carbons (Fsp3) is 0.409. The molecular weight excluding hydrogens is 511 g/mol. The number of nitrogens with zero attached hydrogens (tertiary/aromatic N) is 3. The number of alkyl halides is 3. The highest BCUT2D eigenvalue weighted by atomic mass is 35.5. The van der Waals surface area contributed by atoms with E-state index in [1.807, 2.05) is 12.1 Å². The monoisotopic (exact) mass is 533 g/mol. The van der Waals surface area contributed by atoms with Crippen molar-refractivity contribution >= 4 is 33.5 Å². The molecule has 2 aliphatic rings. The van der Waals surface area contributed by atoms with Crippen molar-refractivity contribution < 1.29 is 36.3 Å². The van der Waals surface area contributed by atoms with Gasteiger partial charge in [-0.15, -0.1) is 0 Å². The third-order valence-corrected chi connectivity index (χ3v) is 8.48. The van der Waals surface area contributed by atoms with Crippen molar-refractivity contribution in [2.45, 2.75) is 30.8 Å². The Morgan fingerprint density at radius 2 is 1.71 bits per heavy atom. The molecule has 0 bridgehead atoms. The summed E-state index contributed by atoms with van der Waals surface area (Å²) in [4.78, 5) is 27.4. The van der Waals surface area contributed by atoms with Crippen molar-refractivity contribution in [1.82, 2.24) is 14.2 Å². The number of carbonyl (C=O) groups is 2. The molecule has 2 saturated heterocycles. The first kappa shape index (κ1) is 26.9.